The molecule has 0 spiro atoms. The van der Waals surface area contributed by atoms with E-state index in [1.165, 1.54) is 6.07 Å². The summed E-state index contributed by atoms with van der Waals surface area (Å²) in [6.45, 7) is 0. The minimum atomic E-state index is -4.81. The van der Waals surface area contributed by atoms with Crippen LogP contribution >= 0.6 is 11.6 Å². The molecular formula is C20H17ClF5NO2. The third kappa shape index (κ3) is 4.87. The topological polar surface area (TPSA) is 49.3 Å². The van der Waals surface area contributed by atoms with Crippen LogP contribution in [0.2, 0.25) is 5.02 Å². The molecule has 0 radical (unpaired) electrons. The molecule has 0 bridgehead atoms. The second-order valence-corrected chi connectivity index (χ2v) is 7.40. The summed E-state index contributed by atoms with van der Waals surface area (Å²) in [5.74, 6) is -3.45. The van der Waals surface area contributed by atoms with Gasteiger partial charge in [-0.1, -0.05) is 11.6 Å². The molecule has 2 aromatic carbocycles. The highest BCUT2D eigenvalue weighted by molar-refractivity contribution is 6.31. The molecule has 2 aromatic rings. The molecule has 1 amide bonds. The maximum atomic E-state index is 13.7. The van der Waals surface area contributed by atoms with E-state index in [1.807, 2.05) is 0 Å². The maximum Gasteiger partial charge on any atom is 0.416 e. The van der Waals surface area contributed by atoms with E-state index in [4.69, 9.17) is 11.6 Å². The Morgan fingerprint density at radius 3 is 2.48 bits per heavy atom. The van der Waals surface area contributed by atoms with Gasteiger partial charge in [0.1, 0.15) is 11.6 Å². The van der Waals surface area contributed by atoms with Gasteiger partial charge in [0.15, 0.2) is 0 Å². The first-order valence-corrected chi connectivity index (χ1v) is 9.25. The summed E-state index contributed by atoms with van der Waals surface area (Å²) < 4.78 is 66.0. The van der Waals surface area contributed by atoms with Crippen molar-refractivity contribution in [3.63, 3.8) is 0 Å². The second kappa shape index (κ2) is 8.28. The lowest BCUT2D eigenvalue weighted by Gasteiger charge is -2.36. The van der Waals surface area contributed by atoms with Gasteiger partial charge in [-0.2, -0.15) is 13.2 Å². The molecule has 3 nitrogen and oxygen atoms in total. The summed E-state index contributed by atoms with van der Waals surface area (Å²) in [5, 5.41) is 13.2. The molecule has 0 heterocycles. The Morgan fingerprint density at radius 2 is 1.79 bits per heavy atom. The number of hydrogen-bond donors (Lipinski definition) is 2. The largest absolute Gasteiger partial charge is 0.416 e. The molecular weight excluding hydrogens is 417 g/mol. The lowest BCUT2D eigenvalue weighted by atomic mass is 9.77. The SMILES string of the molecule is O=C(N[C@@H]1CCC[C@@H](O)[C@H]1c1cc(F)ccc1Cl)c1cc(F)cc(C(F)(F)F)c1. The summed E-state index contributed by atoms with van der Waals surface area (Å²) in [6.07, 6.45) is -4.43. The average Bonchev–Trinajstić information content (AvgIpc) is 2.63. The van der Waals surface area contributed by atoms with Gasteiger partial charge in [-0.3, -0.25) is 4.79 Å². The van der Waals surface area contributed by atoms with Gasteiger partial charge in [-0.15, -0.1) is 0 Å². The summed E-state index contributed by atoms with van der Waals surface area (Å²) >= 11 is 6.14. The number of nitrogens with one attached hydrogen (secondary N) is 1. The Morgan fingerprint density at radius 1 is 1.07 bits per heavy atom. The first-order valence-electron chi connectivity index (χ1n) is 8.88. The first kappa shape index (κ1) is 21.5. The molecule has 3 atom stereocenters. The summed E-state index contributed by atoms with van der Waals surface area (Å²) in [7, 11) is 0. The van der Waals surface area contributed by atoms with Gasteiger partial charge in [0.2, 0.25) is 0 Å². The first-order chi connectivity index (χ1) is 13.6. The van der Waals surface area contributed by atoms with Crippen LogP contribution in [-0.2, 0) is 6.18 Å². The van der Waals surface area contributed by atoms with Crippen molar-refractivity contribution in [2.24, 2.45) is 0 Å². The van der Waals surface area contributed by atoms with Gasteiger partial charge in [-0.05, 0) is 61.2 Å². The van der Waals surface area contributed by atoms with Gasteiger partial charge < -0.3 is 10.4 Å². The zero-order chi connectivity index (χ0) is 21.3. The lowest BCUT2D eigenvalue weighted by molar-refractivity contribution is -0.137. The average molecular weight is 434 g/mol. The summed E-state index contributed by atoms with van der Waals surface area (Å²) in [4.78, 5) is 12.5. The normalized spacial score (nSPS) is 22.4. The summed E-state index contributed by atoms with van der Waals surface area (Å²) in [5.41, 5.74) is -1.49. The molecule has 0 aromatic heterocycles. The molecule has 1 saturated carbocycles. The minimum Gasteiger partial charge on any atom is -0.392 e. The number of benzene rings is 2. The molecule has 0 unspecified atom stereocenters. The fourth-order valence-electron chi connectivity index (χ4n) is 3.67. The van der Waals surface area contributed by atoms with Crippen molar-refractivity contribution < 1.29 is 31.9 Å². The fraction of sp³-hybridized carbons (Fsp3) is 0.350. The van der Waals surface area contributed by atoms with Gasteiger partial charge in [0.25, 0.3) is 5.91 Å². The van der Waals surface area contributed by atoms with Crippen LogP contribution in [0.15, 0.2) is 36.4 Å². The molecule has 2 N–H and O–H groups in total. The maximum absolute atomic E-state index is 13.7. The van der Waals surface area contributed by atoms with Crippen molar-refractivity contribution in [1.82, 2.24) is 5.32 Å². The highest BCUT2D eigenvalue weighted by atomic mass is 35.5. The molecule has 3 rings (SSSR count). The van der Waals surface area contributed by atoms with E-state index < -0.39 is 52.9 Å². The van der Waals surface area contributed by atoms with Crippen LogP contribution in [0.3, 0.4) is 0 Å². The molecule has 9 heteroatoms. The standard InChI is InChI=1S/C20H17ClF5NO2/c21-15-5-4-12(22)9-14(15)18-16(2-1-3-17(18)28)27-19(29)10-6-11(20(24,25)26)8-13(23)7-10/h4-9,16-18,28H,1-3H2,(H,27,29)/t16-,17-,18+/m1/s1. The Balaban J connectivity index is 1.90. The highest BCUT2D eigenvalue weighted by Crippen LogP contribution is 2.37. The molecule has 156 valence electrons. The Bertz CT molecular complexity index is 918. The number of carbonyl (C=O) groups is 1. The number of rotatable bonds is 3. The Kier molecular flexibility index (Phi) is 6.14. The van der Waals surface area contributed by atoms with E-state index in [-0.39, 0.29) is 5.02 Å². The van der Waals surface area contributed by atoms with Gasteiger partial charge in [0.05, 0.1) is 11.7 Å². The van der Waals surface area contributed by atoms with Gasteiger partial charge in [-0.25, -0.2) is 8.78 Å². The van der Waals surface area contributed by atoms with E-state index >= 15 is 0 Å². The number of hydrogen-bond acceptors (Lipinski definition) is 2. The van der Waals surface area contributed by atoms with Crippen LogP contribution in [0.4, 0.5) is 22.0 Å². The van der Waals surface area contributed by atoms with Crippen LogP contribution in [0.25, 0.3) is 0 Å². The van der Waals surface area contributed by atoms with Crippen LogP contribution in [0.5, 0.6) is 0 Å². The van der Waals surface area contributed by atoms with E-state index in [0.717, 1.165) is 12.1 Å². The third-order valence-electron chi connectivity index (χ3n) is 4.98. The van der Waals surface area contributed by atoms with Crippen LogP contribution in [0, 0.1) is 11.6 Å². The van der Waals surface area contributed by atoms with Gasteiger partial charge in [0, 0.05) is 22.5 Å². The van der Waals surface area contributed by atoms with Crippen molar-refractivity contribution in [1.29, 1.82) is 0 Å². The van der Waals surface area contributed by atoms with Crippen molar-refractivity contribution in [2.75, 3.05) is 0 Å². The molecule has 0 aliphatic heterocycles. The van der Waals surface area contributed by atoms with Gasteiger partial charge >= 0.3 is 6.18 Å². The monoisotopic (exact) mass is 433 g/mol. The predicted molar refractivity (Wildman–Crippen MR) is 96.7 cm³/mol. The van der Waals surface area contributed by atoms with E-state index in [0.29, 0.717) is 43.0 Å². The number of halogens is 6. The smallest absolute Gasteiger partial charge is 0.392 e. The van der Waals surface area contributed by atoms with Crippen molar-refractivity contribution in [3.05, 3.63) is 69.7 Å². The number of aliphatic hydroxyl groups excluding tert-OH is 1. The number of amides is 1. The van der Waals surface area contributed by atoms with Crippen LogP contribution in [-0.4, -0.2) is 23.2 Å². The fourth-order valence-corrected chi connectivity index (χ4v) is 3.91. The highest BCUT2D eigenvalue weighted by Gasteiger charge is 2.37. The summed E-state index contributed by atoms with van der Waals surface area (Å²) in [6, 6.07) is 4.48. The molecule has 0 saturated heterocycles. The zero-order valence-corrected chi connectivity index (χ0v) is 15.7. The Hall–Kier alpha value is -2.19. The van der Waals surface area contributed by atoms with E-state index in [9.17, 15) is 31.9 Å². The van der Waals surface area contributed by atoms with E-state index in [2.05, 4.69) is 5.32 Å². The van der Waals surface area contributed by atoms with Crippen molar-refractivity contribution in [2.45, 2.75) is 43.5 Å². The van der Waals surface area contributed by atoms with Crippen molar-refractivity contribution in [3.8, 4) is 0 Å². The van der Waals surface area contributed by atoms with Crippen LogP contribution in [0.1, 0.15) is 46.7 Å². The van der Waals surface area contributed by atoms with E-state index in [1.54, 1.807) is 0 Å². The second-order valence-electron chi connectivity index (χ2n) is 7.00. The Labute approximate surface area is 168 Å². The predicted octanol–water partition coefficient (Wildman–Crippen LogP) is 5.06. The molecule has 29 heavy (non-hydrogen) atoms. The molecule has 1 aliphatic carbocycles. The quantitative estimate of drug-likeness (QED) is 0.664. The third-order valence-corrected chi connectivity index (χ3v) is 5.33. The number of alkyl halides is 3. The van der Waals surface area contributed by atoms with Crippen LogP contribution < -0.4 is 5.32 Å². The zero-order valence-electron chi connectivity index (χ0n) is 14.9. The number of aliphatic hydroxyl groups is 1. The molecule has 1 aliphatic rings. The van der Waals surface area contributed by atoms with Crippen molar-refractivity contribution >= 4 is 17.5 Å². The lowest BCUT2D eigenvalue weighted by Crippen LogP contribution is -2.46. The molecule has 1 fully saturated rings. The number of carbonyl (C=O) groups excluding carboxylic acids is 1. The minimum absolute atomic E-state index is 0.196.